The van der Waals surface area contributed by atoms with E-state index in [2.05, 4.69) is 26.4 Å². The van der Waals surface area contributed by atoms with Gasteiger partial charge in [0.15, 0.2) is 11.6 Å². The smallest absolute Gasteiger partial charge is 0.204 e. The fourth-order valence-electron chi connectivity index (χ4n) is 1.67. The molecule has 0 saturated heterocycles. The first-order valence-electron chi connectivity index (χ1n) is 6.07. The molecule has 18 heavy (non-hydrogen) atoms. The van der Waals surface area contributed by atoms with Crippen molar-refractivity contribution in [3.63, 3.8) is 0 Å². The lowest BCUT2D eigenvalue weighted by Gasteiger charge is -2.21. The lowest BCUT2D eigenvalue weighted by Crippen LogP contribution is -2.21. The summed E-state index contributed by atoms with van der Waals surface area (Å²) in [4.78, 5) is 10.6. The molecule has 0 aliphatic heterocycles. The molecule has 0 aromatic carbocycles. The monoisotopic (exact) mass is 270 g/mol. The van der Waals surface area contributed by atoms with E-state index in [9.17, 15) is 0 Å². The van der Waals surface area contributed by atoms with E-state index in [0.717, 1.165) is 36.9 Å². The number of aromatic nitrogens is 2. The zero-order valence-electron chi connectivity index (χ0n) is 11.6. The van der Waals surface area contributed by atoms with Gasteiger partial charge in [-0.2, -0.15) is 11.8 Å². The van der Waals surface area contributed by atoms with Gasteiger partial charge in [-0.15, -0.1) is 0 Å². The predicted octanol–water partition coefficient (Wildman–Crippen LogP) is 2.11. The van der Waals surface area contributed by atoms with Crippen molar-refractivity contribution in [3.05, 3.63) is 6.33 Å². The second-order valence-corrected chi connectivity index (χ2v) is 4.86. The molecule has 1 N–H and O–H groups in total. The number of nitrogens with zero attached hydrogens (tertiary/aromatic N) is 3. The Balaban J connectivity index is 2.82. The molecule has 0 spiro atoms. The van der Waals surface area contributed by atoms with Gasteiger partial charge < -0.3 is 15.0 Å². The summed E-state index contributed by atoms with van der Waals surface area (Å²) in [6.07, 6.45) is 4.82. The zero-order chi connectivity index (χ0) is 13.4. The summed E-state index contributed by atoms with van der Waals surface area (Å²) in [6.45, 7) is 3.80. The molecule has 102 valence electrons. The van der Waals surface area contributed by atoms with Crippen molar-refractivity contribution in [1.82, 2.24) is 9.97 Å². The van der Waals surface area contributed by atoms with Crippen molar-refractivity contribution in [1.29, 1.82) is 0 Å². The Morgan fingerprint density at radius 3 is 2.83 bits per heavy atom. The van der Waals surface area contributed by atoms with E-state index < -0.39 is 0 Å². The van der Waals surface area contributed by atoms with Crippen molar-refractivity contribution in [2.75, 3.05) is 49.5 Å². The zero-order valence-corrected chi connectivity index (χ0v) is 12.4. The molecule has 0 aliphatic rings. The number of anilines is 2. The Kier molecular flexibility index (Phi) is 6.64. The Morgan fingerprint density at radius 2 is 2.22 bits per heavy atom. The Morgan fingerprint density at radius 1 is 1.44 bits per heavy atom. The minimum absolute atomic E-state index is 0.714. The molecule has 0 amide bonds. The first-order chi connectivity index (χ1) is 8.74. The summed E-state index contributed by atoms with van der Waals surface area (Å²) >= 11 is 1.86. The lowest BCUT2D eigenvalue weighted by molar-refractivity contribution is 0.413. The molecule has 6 heteroatoms. The SMILES string of the molecule is CCNc1ncnc(N(C)CCCSC)c1OC. The molecule has 1 aromatic rings. The van der Waals surface area contributed by atoms with Gasteiger partial charge in [0.2, 0.25) is 5.75 Å². The van der Waals surface area contributed by atoms with Crippen molar-refractivity contribution < 1.29 is 4.74 Å². The van der Waals surface area contributed by atoms with Gasteiger partial charge >= 0.3 is 0 Å². The molecule has 5 nitrogen and oxygen atoms in total. The number of rotatable bonds is 8. The molecule has 0 aliphatic carbocycles. The van der Waals surface area contributed by atoms with E-state index >= 15 is 0 Å². The van der Waals surface area contributed by atoms with Gasteiger partial charge in [0.1, 0.15) is 6.33 Å². The fourth-order valence-corrected chi connectivity index (χ4v) is 2.09. The van der Waals surface area contributed by atoms with Crippen LogP contribution in [-0.2, 0) is 0 Å². The minimum atomic E-state index is 0.714. The third kappa shape index (κ3) is 3.94. The van der Waals surface area contributed by atoms with Crippen molar-refractivity contribution in [2.45, 2.75) is 13.3 Å². The summed E-state index contributed by atoms with van der Waals surface area (Å²) in [5.41, 5.74) is 0. The van der Waals surface area contributed by atoms with Gasteiger partial charge in [-0.25, -0.2) is 9.97 Å². The largest absolute Gasteiger partial charge is 0.490 e. The quantitative estimate of drug-likeness (QED) is 0.730. The van der Waals surface area contributed by atoms with E-state index in [1.807, 2.05) is 25.7 Å². The normalized spacial score (nSPS) is 10.2. The van der Waals surface area contributed by atoms with Gasteiger partial charge in [0.05, 0.1) is 7.11 Å². The summed E-state index contributed by atoms with van der Waals surface area (Å²) in [5, 5.41) is 3.18. The number of hydrogen-bond donors (Lipinski definition) is 1. The first kappa shape index (κ1) is 14.9. The summed E-state index contributed by atoms with van der Waals surface area (Å²) in [6, 6.07) is 0. The average Bonchev–Trinajstić information content (AvgIpc) is 2.39. The predicted molar refractivity (Wildman–Crippen MR) is 79.0 cm³/mol. The molecule has 0 saturated carbocycles. The van der Waals surface area contributed by atoms with E-state index in [4.69, 9.17) is 4.74 Å². The van der Waals surface area contributed by atoms with Crippen molar-refractivity contribution >= 4 is 23.4 Å². The molecule has 0 unspecified atom stereocenters. The fraction of sp³-hybridized carbons (Fsp3) is 0.667. The van der Waals surface area contributed by atoms with Crippen LogP contribution in [0.15, 0.2) is 6.33 Å². The average molecular weight is 270 g/mol. The van der Waals surface area contributed by atoms with Crippen LogP contribution >= 0.6 is 11.8 Å². The van der Waals surface area contributed by atoms with Crippen LogP contribution in [0.25, 0.3) is 0 Å². The van der Waals surface area contributed by atoms with Crippen LogP contribution in [0.1, 0.15) is 13.3 Å². The van der Waals surface area contributed by atoms with Crippen molar-refractivity contribution in [2.24, 2.45) is 0 Å². The van der Waals surface area contributed by atoms with Crippen LogP contribution in [0.2, 0.25) is 0 Å². The van der Waals surface area contributed by atoms with Crippen molar-refractivity contribution in [3.8, 4) is 5.75 Å². The Hall–Kier alpha value is -1.17. The molecule has 1 heterocycles. The van der Waals surface area contributed by atoms with Gasteiger partial charge in [0.25, 0.3) is 0 Å². The second-order valence-electron chi connectivity index (χ2n) is 3.88. The molecule has 0 bridgehead atoms. The van der Waals surface area contributed by atoms with Crippen LogP contribution in [0.5, 0.6) is 5.75 Å². The number of methoxy groups -OCH3 is 1. The van der Waals surface area contributed by atoms with E-state index in [0.29, 0.717) is 5.75 Å². The first-order valence-corrected chi connectivity index (χ1v) is 7.46. The standard InChI is InChI=1S/C12H22N4OS/c1-5-13-11-10(17-3)12(15-9-14-11)16(2)7-6-8-18-4/h9H,5-8H2,1-4H3,(H,13,14,15). The maximum absolute atomic E-state index is 5.42. The maximum atomic E-state index is 5.42. The topological polar surface area (TPSA) is 50.3 Å². The highest BCUT2D eigenvalue weighted by Crippen LogP contribution is 2.31. The molecule has 0 fully saturated rings. The molecular formula is C12H22N4OS. The van der Waals surface area contributed by atoms with Crippen LogP contribution in [0.4, 0.5) is 11.6 Å². The highest BCUT2D eigenvalue weighted by Gasteiger charge is 2.14. The highest BCUT2D eigenvalue weighted by atomic mass is 32.2. The summed E-state index contributed by atoms with van der Waals surface area (Å²) in [7, 11) is 3.68. The molecule has 1 rings (SSSR count). The number of ether oxygens (including phenoxy) is 1. The van der Waals surface area contributed by atoms with Gasteiger partial charge in [-0.3, -0.25) is 0 Å². The Labute approximate surface area is 113 Å². The number of hydrogen-bond acceptors (Lipinski definition) is 6. The lowest BCUT2D eigenvalue weighted by atomic mass is 10.4. The second kappa shape index (κ2) is 8.02. The summed E-state index contributed by atoms with van der Waals surface area (Å²) < 4.78 is 5.42. The van der Waals surface area contributed by atoms with Crippen LogP contribution in [0.3, 0.4) is 0 Å². The molecule has 0 atom stereocenters. The number of thioether (sulfide) groups is 1. The minimum Gasteiger partial charge on any atom is -0.490 e. The van der Waals surface area contributed by atoms with E-state index in [1.165, 1.54) is 0 Å². The summed E-state index contributed by atoms with van der Waals surface area (Å²) in [5.74, 6) is 3.45. The van der Waals surface area contributed by atoms with Gasteiger partial charge in [-0.1, -0.05) is 0 Å². The van der Waals surface area contributed by atoms with Crippen LogP contribution in [-0.4, -0.2) is 49.2 Å². The highest BCUT2D eigenvalue weighted by molar-refractivity contribution is 7.98. The van der Waals surface area contributed by atoms with Gasteiger partial charge in [0, 0.05) is 20.1 Å². The number of nitrogens with one attached hydrogen (secondary N) is 1. The molecule has 1 aromatic heterocycles. The third-order valence-corrected chi connectivity index (χ3v) is 3.23. The third-order valence-electron chi connectivity index (χ3n) is 2.54. The molecular weight excluding hydrogens is 248 g/mol. The van der Waals surface area contributed by atoms with Gasteiger partial charge in [-0.05, 0) is 25.4 Å². The van der Waals surface area contributed by atoms with Crippen LogP contribution in [0, 0.1) is 0 Å². The molecule has 0 radical (unpaired) electrons. The van der Waals surface area contributed by atoms with Crippen LogP contribution < -0.4 is 15.0 Å². The Bertz CT molecular complexity index is 362. The van der Waals surface area contributed by atoms with E-state index in [-0.39, 0.29) is 0 Å². The van der Waals surface area contributed by atoms with E-state index in [1.54, 1.807) is 13.4 Å². The maximum Gasteiger partial charge on any atom is 0.204 e.